The molecule has 6 heteroatoms. The number of furan rings is 1. The van der Waals surface area contributed by atoms with Crippen LogP contribution in [0.2, 0.25) is 0 Å². The van der Waals surface area contributed by atoms with Crippen LogP contribution in [0, 0.1) is 13.8 Å². The normalized spacial score (nSPS) is 16.0. The van der Waals surface area contributed by atoms with Crippen LogP contribution >= 0.6 is 0 Å². The number of amides is 1. The maximum atomic E-state index is 13.6. The van der Waals surface area contributed by atoms with Crippen LogP contribution in [0.1, 0.15) is 45.7 Å². The Balaban J connectivity index is 1.55. The molecule has 0 saturated carbocycles. The summed E-state index contributed by atoms with van der Waals surface area (Å²) in [6.45, 7) is 6.18. The van der Waals surface area contributed by atoms with Gasteiger partial charge in [-0.25, -0.2) is 4.98 Å². The predicted molar refractivity (Wildman–Crippen MR) is 137 cm³/mol. The molecule has 180 valence electrons. The first-order valence-electron chi connectivity index (χ1n) is 12.2. The van der Waals surface area contributed by atoms with Gasteiger partial charge in [-0.05, 0) is 68.7 Å². The average molecular weight is 470 g/mol. The van der Waals surface area contributed by atoms with E-state index in [2.05, 4.69) is 36.1 Å². The quantitative estimate of drug-likeness (QED) is 0.418. The molecular formula is C29H31N3O3. The Morgan fingerprint density at radius 3 is 2.63 bits per heavy atom. The smallest absolute Gasteiger partial charge is 0.254 e. The van der Waals surface area contributed by atoms with Crippen LogP contribution in [-0.4, -0.2) is 40.1 Å². The Kier molecular flexibility index (Phi) is 6.55. The fourth-order valence-corrected chi connectivity index (χ4v) is 4.72. The number of benzene rings is 2. The number of β-amino-alcohol motifs (C(OH)–C–C–N with tert-alkyl or cyclic N) is 1. The van der Waals surface area contributed by atoms with Gasteiger partial charge in [-0.2, -0.15) is 0 Å². The van der Waals surface area contributed by atoms with Crippen molar-refractivity contribution >= 4 is 22.6 Å². The number of aliphatic hydroxyl groups excluding tert-OH is 1. The minimum atomic E-state index is -0.375. The molecule has 6 nitrogen and oxygen atoms in total. The van der Waals surface area contributed by atoms with E-state index in [4.69, 9.17) is 9.40 Å². The highest BCUT2D eigenvalue weighted by atomic mass is 16.3. The minimum Gasteiger partial charge on any atom is -0.467 e. The molecule has 5 rings (SSSR count). The van der Waals surface area contributed by atoms with Crippen molar-refractivity contribution in [2.24, 2.45) is 0 Å². The SMILES string of the molecule is Cc1ccc(C(=O)N(Cc2ccco2)Cc2cc3ccc(C)cc3nc2N2CCC[C@@H](O)C2)cc1. The number of nitrogens with zero attached hydrogens (tertiary/aromatic N) is 3. The number of aromatic nitrogens is 1. The molecule has 0 aliphatic carbocycles. The molecule has 4 aromatic rings. The number of aryl methyl sites for hydroxylation is 2. The summed E-state index contributed by atoms with van der Waals surface area (Å²) in [5, 5.41) is 11.4. The maximum Gasteiger partial charge on any atom is 0.254 e. The van der Waals surface area contributed by atoms with Gasteiger partial charge in [0.2, 0.25) is 0 Å². The molecule has 1 aliphatic rings. The molecule has 2 aromatic carbocycles. The van der Waals surface area contributed by atoms with Gasteiger partial charge in [-0.3, -0.25) is 4.79 Å². The summed E-state index contributed by atoms with van der Waals surface area (Å²) in [5.41, 5.74) is 4.78. The van der Waals surface area contributed by atoms with Gasteiger partial charge in [0.25, 0.3) is 5.91 Å². The van der Waals surface area contributed by atoms with Gasteiger partial charge in [-0.1, -0.05) is 29.8 Å². The zero-order valence-corrected chi connectivity index (χ0v) is 20.3. The number of carbonyl (C=O) groups excluding carboxylic acids is 1. The lowest BCUT2D eigenvalue weighted by Gasteiger charge is -2.33. The Bertz CT molecular complexity index is 1320. The van der Waals surface area contributed by atoms with Gasteiger partial charge in [0.05, 0.1) is 31.0 Å². The molecular weight excluding hydrogens is 438 g/mol. The third kappa shape index (κ3) is 5.23. The molecule has 1 atom stereocenters. The molecule has 1 N–H and O–H groups in total. The van der Waals surface area contributed by atoms with E-state index in [9.17, 15) is 9.90 Å². The monoisotopic (exact) mass is 469 g/mol. The summed E-state index contributed by atoms with van der Waals surface area (Å²) in [5.74, 6) is 1.50. The second-order valence-corrected chi connectivity index (χ2v) is 9.52. The number of hydrogen-bond acceptors (Lipinski definition) is 5. The van der Waals surface area contributed by atoms with E-state index in [0.29, 0.717) is 25.2 Å². The van der Waals surface area contributed by atoms with Crippen molar-refractivity contribution in [2.45, 2.75) is 45.9 Å². The van der Waals surface area contributed by atoms with Gasteiger partial charge < -0.3 is 19.3 Å². The highest BCUT2D eigenvalue weighted by Crippen LogP contribution is 2.29. The highest BCUT2D eigenvalue weighted by molar-refractivity contribution is 5.94. The van der Waals surface area contributed by atoms with Crippen LogP contribution in [0.3, 0.4) is 0 Å². The van der Waals surface area contributed by atoms with E-state index in [0.717, 1.165) is 58.6 Å². The largest absolute Gasteiger partial charge is 0.467 e. The lowest BCUT2D eigenvalue weighted by Crippen LogP contribution is -2.40. The van der Waals surface area contributed by atoms with Crippen molar-refractivity contribution < 1.29 is 14.3 Å². The van der Waals surface area contributed by atoms with Gasteiger partial charge in [0.15, 0.2) is 0 Å². The molecule has 1 fully saturated rings. The van der Waals surface area contributed by atoms with Gasteiger partial charge in [0, 0.05) is 29.6 Å². The van der Waals surface area contributed by atoms with Crippen LogP contribution in [0.4, 0.5) is 5.82 Å². The lowest BCUT2D eigenvalue weighted by molar-refractivity contribution is 0.0717. The van der Waals surface area contributed by atoms with Crippen LogP contribution in [0.5, 0.6) is 0 Å². The number of carbonyl (C=O) groups is 1. The summed E-state index contributed by atoms with van der Waals surface area (Å²) in [6.07, 6.45) is 2.96. The maximum absolute atomic E-state index is 13.6. The van der Waals surface area contributed by atoms with Gasteiger partial charge in [0.1, 0.15) is 11.6 Å². The van der Waals surface area contributed by atoms with Crippen molar-refractivity contribution in [3.63, 3.8) is 0 Å². The number of pyridine rings is 1. The third-order valence-electron chi connectivity index (χ3n) is 6.60. The molecule has 0 unspecified atom stereocenters. The lowest BCUT2D eigenvalue weighted by atomic mass is 10.0. The van der Waals surface area contributed by atoms with Crippen molar-refractivity contribution in [1.82, 2.24) is 9.88 Å². The van der Waals surface area contributed by atoms with Crippen LogP contribution in [-0.2, 0) is 13.1 Å². The first-order valence-corrected chi connectivity index (χ1v) is 12.2. The first-order chi connectivity index (χ1) is 17.0. The molecule has 1 saturated heterocycles. The van der Waals surface area contributed by atoms with E-state index in [1.807, 2.05) is 48.2 Å². The van der Waals surface area contributed by atoms with Crippen LogP contribution in [0.25, 0.3) is 10.9 Å². The Morgan fingerprint density at radius 1 is 1.09 bits per heavy atom. The fourth-order valence-electron chi connectivity index (χ4n) is 4.72. The second-order valence-electron chi connectivity index (χ2n) is 9.52. The fraction of sp³-hybridized carbons (Fsp3) is 0.310. The van der Waals surface area contributed by atoms with E-state index in [1.54, 1.807) is 6.26 Å². The molecule has 0 spiro atoms. The van der Waals surface area contributed by atoms with Crippen LogP contribution < -0.4 is 4.90 Å². The second kappa shape index (κ2) is 9.92. The standard InChI is InChI=1S/C29H31N3O3/c1-20-7-10-22(11-8-20)29(34)32(19-26-6-4-14-35-26)17-24-16-23-12-9-21(2)15-27(23)30-28(24)31-13-3-5-25(33)18-31/h4,6-12,14-16,25,33H,3,5,13,17-19H2,1-2H3/t25-/m1/s1. The Labute approximate surface area is 205 Å². The average Bonchev–Trinajstić information content (AvgIpc) is 3.36. The summed E-state index contributed by atoms with van der Waals surface area (Å²) in [4.78, 5) is 22.7. The number of rotatable bonds is 6. The summed E-state index contributed by atoms with van der Waals surface area (Å²) < 4.78 is 5.60. The first kappa shape index (κ1) is 23.1. The zero-order valence-electron chi connectivity index (χ0n) is 20.3. The van der Waals surface area contributed by atoms with Crippen LogP contribution in [0.15, 0.2) is 71.3 Å². The number of hydrogen-bond donors (Lipinski definition) is 1. The number of piperidine rings is 1. The number of fused-ring (bicyclic) bond motifs is 1. The topological polar surface area (TPSA) is 69.8 Å². The van der Waals surface area contributed by atoms with Crippen molar-refractivity contribution in [3.8, 4) is 0 Å². The van der Waals surface area contributed by atoms with Crippen molar-refractivity contribution in [1.29, 1.82) is 0 Å². The third-order valence-corrected chi connectivity index (χ3v) is 6.60. The summed E-state index contributed by atoms with van der Waals surface area (Å²) >= 11 is 0. The summed E-state index contributed by atoms with van der Waals surface area (Å²) in [6, 6.07) is 19.8. The molecule has 35 heavy (non-hydrogen) atoms. The van der Waals surface area contributed by atoms with E-state index in [-0.39, 0.29) is 12.0 Å². The van der Waals surface area contributed by atoms with E-state index in [1.165, 1.54) is 0 Å². The molecule has 3 heterocycles. The predicted octanol–water partition coefficient (Wildman–Crippen LogP) is 5.25. The van der Waals surface area contributed by atoms with Crippen molar-refractivity contribution in [3.05, 3.63) is 94.9 Å². The van der Waals surface area contributed by atoms with Crippen molar-refractivity contribution in [2.75, 3.05) is 18.0 Å². The summed E-state index contributed by atoms with van der Waals surface area (Å²) in [7, 11) is 0. The molecule has 1 amide bonds. The molecule has 0 radical (unpaired) electrons. The minimum absolute atomic E-state index is 0.0602. The Hall–Kier alpha value is -3.64. The van der Waals surface area contributed by atoms with E-state index < -0.39 is 0 Å². The molecule has 1 aliphatic heterocycles. The van der Waals surface area contributed by atoms with Gasteiger partial charge in [-0.15, -0.1) is 0 Å². The zero-order chi connectivity index (χ0) is 24.4. The number of aliphatic hydroxyl groups is 1. The number of anilines is 1. The molecule has 0 bridgehead atoms. The molecule has 2 aromatic heterocycles. The Morgan fingerprint density at radius 2 is 1.89 bits per heavy atom. The van der Waals surface area contributed by atoms with Gasteiger partial charge >= 0.3 is 0 Å². The van der Waals surface area contributed by atoms with E-state index >= 15 is 0 Å². The highest BCUT2D eigenvalue weighted by Gasteiger charge is 2.25.